The van der Waals surface area contributed by atoms with Gasteiger partial charge in [0, 0.05) is 0 Å². The monoisotopic (exact) mass is 196 g/mol. The molecule has 3 atom stereocenters. The fourth-order valence-corrected chi connectivity index (χ4v) is 2.09. The molecule has 0 aliphatic carbocycles. The van der Waals surface area contributed by atoms with Gasteiger partial charge in [0.1, 0.15) is 11.7 Å². The van der Waals surface area contributed by atoms with Gasteiger partial charge in [-0.3, -0.25) is 9.69 Å². The van der Waals surface area contributed by atoms with Crippen molar-refractivity contribution >= 4 is 11.9 Å². The number of carboxylic acid groups (broad SMARTS) is 1. The Morgan fingerprint density at radius 1 is 1.71 bits per heavy atom. The van der Waals surface area contributed by atoms with Gasteiger partial charge in [-0.15, -0.1) is 0 Å². The van der Waals surface area contributed by atoms with E-state index in [1.54, 1.807) is 6.08 Å². The van der Waals surface area contributed by atoms with Crippen LogP contribution in [-0.2, 0) is 9.59 Å². The topological polar surface area (TPSA) is 83.6 Å². The molecule has 14 heavy (non-hydrogen) atoms. The highest BCUT2D eigenvalue weighted by Crippen LogP contribution is 2.34. The molecule has 5 heteroatoms. The summed E-state index contributed by atoms with van der Waals surface area (Å²) < 4.78 is 0. The van der Waals surface area contributed by atoms with Crippen LogP contribution in [0.3, 0.4) is 0 Å². The zero-order valence-electron chi connectivity index (χ0n) is 7.80. The molecular formula is C9H12N2O3. The second-order valence-corrected chi connectivity index (χ2v) is 3.87. The molecule has 1 fully saturated rings. The molecule has 0 aromatic carbocycles. The van der Waals surface area contributed by atoms with Crippen LogP contribution in [-0.4, -0.2) is 34.0 Å². The number of nitrogens with zero attached hydrogens (tertiary/aromatic N) is 1. The predicted molar refractivity (Wildman–Crippen MR) is 48.1 cm³/mol. The molecule has 0 aromatic heterocycles. The summed E-state index contributed by atoms with van der Waals surface area (Å²) in [5, 5.41) is 8.88. The first-order valence-corrected chi connectivity index (χ1v) is 4.56. The molecule has 0 spiro atoms. The minimum Gasteiger partial charge on any atom is -0.477 e. The highest BCUT2D eigenvalue weighted by atomic mass is 16.4. The van der Waals surface area contributed by atoms with Crippen LogP contribution in [0.5, 0.6) is 0 Å². The van der Waals surface area contributed by atoms with Crippen molar-refractivity contribution < 1.29 is 14.7 Å². The number of hydrogen-bond donors (Lipinski definition) is 2. The molecule has 0 aromatic rings. The molecule has 5 nitrogen and oxygen atoms in total. The first kappa shape index (κ1) is 9.21. The highest BCUT2D eigenvalue weighted by Gasteiger charge is 2.50. The van der Waals surface area contributed by atoms with Gasteiger partial charge in [0.25, 0.3) is 0 Å². The lowest BCUT2D eigenvalue weighted by Crippen LogP contribution is -2.69. The number of allylic oxidation sites excluding steroid dienone is 1. The Labute approximate surface area is 81.2 Å². The van der Waals surface area contributed by atoms with Crippen LogP contribution in [0.1, 0.15) is 13.3 Å². The van der Waals surface area contributed by atoms with Crippen LogP contribution < -0.4 is 5.73 Å². The summed E-state index contributed by atoms with van der Waals surface area (Å²) in [4.78, 5) is 23.5. The van der Waals surface area contributed by atoms with Gasteiger partial charge in [0.2, 0.25) is 5.91 Å². The Bertz CT molecular complexity index is 337. The number of amides is 1. The van der Waals surface area contributed by atoms with Gasteiger partial charge in [-0.25, -0.2) is 4.79 Å². The average molecular weight is 196 g/mol. The molecule has 0 radical (unpaired) electrons. The highest BCUT2D eigenvalue weighted by molar-refractivity contribution is 5.99. The van der Waals surface area contributed by atoms with Crippen molar-refractivity contribution in [2.45, 2.75) is 25.4 Å². The summed E-state index contributed by atoms with van der Waals surface area (Å²) in [5.74, 6) is -1.17. The second kappa shape index (κ2) is 2.81. The summed E-state index contributed by atoms with van der Waals surface area (Å²) in [5.41, 5.74) is 5.67. The Morgan fingerprint density at radius 2 is 2.36 bits per heavy atom. The molecule has 0 saturated carbocycles. The summed E-state index contributed by atoms with van der Waals surface area (Å²) in [6, 6.07) is -0.630. The molecule has 3 N–H and O–H groups in total. The molecule has 2 aliphatic heterocycles. The molecule has 1 saturated heterocycles. The van der Waals surface area contributed by atoms with Gasteiger partial charge in [-0.2, -0.15) is 0 Å². The fraction of sp³-hybridized carbons (Fsp3) is 0.556. The summed E-state index contributed by atoms with van der Waals surface area (Å²) in [7, 11) is 0. The molecular weight excluding hydrogens is 184 g/mol. The number of fused-ring (bicyclic) bond motifs is 1. The van der Waals surface area contributed by atoms with Crippen LogP contribution in [0.4, 0.5) is 0 Å². The maximum Gasteiger partial charge on any atom is 0.352 e. The smallest absolute Gasteiger partial charge is 0.352 e. The summed E-state index contributed by atoms with van der Waals surface area (Å²) >= 11 is 0. The van der Waals surface area contributed by atoms with E-state index in [0.717, 1.165) is 6.42 Å². The van der Waals surface area contributed by atoms with Gasteiger partial charge in [-0.1, -0.05) is 13.0 Å². The number of carbonyl (C=O) groups is 2. The van der Waals surface area contributed by atoms with Crippen LogP contribution >= 0.6 is 0 Å². The average Bonchev–Trinajstić information content (AvgIpc) is 2.15. The molecule has 2 heterocycles. The van der Waals surface area contributed by atoms with E-state index < -0.39 is 12.0 Å². The third-order valence-electron chi connectivity index (χ3n) is 2.80. The van der Waals surface area contributed by atoms with Crippen molar-refractivity contribution in [2.24, 2.45) is 11.7 Å². The maximum absolute atomic E-state index is 11.3. The van der Waals surface area contributed by atoms with Gasteiger partial charge in [0.05, 0.1) is 6.04 Å². The van der Waals surface area contributed by atoms with E-state index in [1.165, 1.54) is 4.90 Å². The number of rotatable bonds is 1. The fourth-order valence-electron chi connectivity index (χ4n) is 2.09. The standard InChI is InChI=1S/C9H12N2O3/c1-4-2-5-7(10)8(12)11(5)6(3-4)9(13)14/h3-5,7H,2,10H2,1H3,(H,13,14). The van der Waals surface area contributed by atoms with Crippen LogP contribution in [0.2, 0.25) is 0 Å². The van der Waals surface area contributed by atoms with Crippen LogP contribution in [0, 0.1) is 5.92 Å². The van der Waals surface area contributed by atoms with E-state index in [4.69, 9.17) is 10.8 Å². The largest absolute Gasteiger partial charge is 0.477 e. The minimum absolute atomic E-state index is 0.0838. The lowest BCUT2D eigenvalue weighted by Gasteiger charge is -2.48. The van der Waals surface area contributed by atoms with Crippen molar-refractivity contribution in [1.82, 2.24) is 4.90 Å². The Kier molecular flexibility index (Phi) is 1.85. The third kappa shape index (κ3) is 1.05. The minimum atomic E-state index is -1.05. The predicted octanol–water partition coefficient (Wildman–Crippen LogP) is -0.467. The van der Waals surface area contributed by atoms with Gasteiger partial charge < -0.3 is 10.8 Å². The number of carboxylic acids is 1. The summed E-state index contributed by atoms with van der Waals surface area (Å²) in [6.45, 7) is 1.93. The van der Waals surface area contributed by atoms with E-state index in [0.29, 0.717) is 0 Å². The van der Waals surface area contributed by atoms with Gasteiger partial charge in [0.15, 0.2) is 0 Å². The quantitative estimate of drug-likeness (QED) is 0.555. The Morgan fingerprint density at radius 3 is 2.93 bits per heavy atom. The molecule has 3 unspecified atom stereocenters. The number of hydrogen-bond acceptors (Lipinski definition) is 3. The molecule has 1 amide bonds. The van der Waals surface area contributed by atoms with Crippen molar-refractivity contribution in [3.05, 3.63) is 11.8 Å². The summed E-state index contributed by atoms with van der Waals surface area (Å²) in [6.07, 6.45) is 2.37. The number of carbonyl (C=O) groups excluding carboxylic acids is 1. The van der Waals surface area contributed by atoms with E-state index in [2.05, 4.69) is 0 Å². The zero-order valence-corrected chi connectivity index (χ0v) is 7.80. The van der Waals surface area contributed by atoms with Crippen LogP contribution in [0.15, 0.2) is 11.8 Å². The number of aliphatic carboxylic acids is 1. The van der Waals surface area contributed by atoms with E-state index in [-0.39, 0.29) is 23.6 Å². The lowest BCUT2D eigenvalue weighted by atomic mass is 9.83. The van der Waals surface area contributed by atoms with E-state index >= 15 is 0 Å². The maximum atomic E-state index is 11.3. The Hall–Kier alpha value is -1.36. The van der Waals surface area contributed by atoms with Crippen LogP contribution in [0.25, 0.3) is 0 Å². The Balaban J connectivity index is 2.32. The van der Waals surface area contributed by atoms with Crippen molar-refractivity contribution in [3.63, 3.8) is 0 Å². The molecule has 76 valence electrons. The number of nitrogens with two attached hydrogens (primary N) is 1. The molecule has 2 rings (SSSR count). The lowest BCUT2D eigenvalue weighted by molar-refractivity contribution is -0.153. The van der Waals surface area contributed by atoms with Gasteiger partial charge >= 0.3 is 5.97 Å². The van der Waals surface area contributed by atoms with Crippen molar-refractivity contribution in [3.8, 4) is 0 Å². The molecule has 2 aliphatic rings. The van der Waals surface area contributed by atoms with Gasteiger partial charge in [-0.05, 0) is 12.3 Å². The first-order valence-electron chi connectivity index (χ1n) is 4.56. The normalized spacial score (nSPS) is 35.9. The van der Waals surface area contributed by atoms with Crippen molar-refractivity contribution in [1.29, 1.82) is 0 Å². The van der Waals surface area contributed by atoms with E-state index in [1.807, 2.05) is 6.92 Å². The molecule has 0 bridgehead atoms. The third-order valence-corrected chi connectivity index (χ3v) is 2.80. The first-order chi connectivity index (χ1) is 6.52. The number of β-lactam (4-membered cyclic amide) rings is 1. The van der Waals surface area contributed by atoms with E-state index in [9.17, 15) is 9.59 Å². The second-order valence-electron chi connectivity index (χ2n) is 3.87. The SMILES string of the molecule is CC1C=C(C(=O)O)N2C(=O)C(N)C2C1. The van der Waals surface area contributed by atoms with Crippen molar-refractivity contribution in [2.75, 3.05) is 0 Å². The zero-order chi connectivity index (χ0) is 10.5.